The first-order valence-electron chi connectivity index (χ1n) is 3.18. The summed E-state index contributed by atoms with van der Waals surface area (Å²) in [7, 11) is 0. The molecule has 0 saturated carbocycles. The van der Waals surface area contributed by atoms with Gasteiger partial charge < -0.3 is 5.41 Å². The highest BCUT2D eigenvalue weighted by Crippen LogP contribution is 2.09. The number of thiocarbonyl (C=S) groups is 1. The Morgan fingerprint density at radius 1 is 1.40 bits per heavy atom. The second-order valence-corrected chi connectivity index (χ2v) is 2.83. The van der Waals surface area contributed by atoms with Crippen molar-refractivity contribution < 1.29 is 0 Å². The minimum atomic E-state index is 0.608. The summed E-state index contributed by atoms with van der Waals surface area (Å²) in [6.07, 6.45) is 5.24. The van der Waals surface area contributed by atoms with E-state index >= 15 is 0 Å². The van der Waals surface area contributed by atoms with E-state index in [1.165, 1.54) is 0 Å². The van der Waals surface area contributed by atoms with E-state index in [2.05, 4.69) is 6.58 Å². The SMILES string of the molecule is C=C1C=CC(=S)CCC1=N. The van der Waals surface area contributed by atoms with Gasteiger partial charge in [-0.1, -0.05) is 24.9 Å². The van der Waals surface area contributed by atoms with Crippen molar-refractivity contribution in [1.82, 2.24) is 0 Å². The predicted octanol–water partition coefficient (Wildman–Crippen LogP) is 2.28. The maximum Gasteiger partial charge on any atom is 0.0383 e. The lowest BCUT2D eigenvalue weighted by molar-refractivity contribution is 1.15. The quantitative estimate of drug-likeness (QED) is 0.527. The minimum Gasteiger partial charge on any atom is -0.305 e. The van der Waals surface area contributed by atoms with Crippen molar-refractivity contribution in [2.75, 3.05) is 0 Å². The smallest absolute Gasteiger partial charge is 0.0383 e. The topological polar surface area (TPSA) is 23.9 Å². The molecule has 0 aliphatic heterocycles. The molecular formula is C8H9NS. The molecule has 0 aromatic rings. The van der Waals surface area contributed by atoms with Gasteiger partial charge in [0.1, 0.15) is 0 Å². The Labute approximate surface area is 66.0 Å². The van der Waals surface area contributed by atoms with Crippen LogP contribution in [-0.4, -0.2) is 10.6 Å². The zero-order chi connectivity index (χ0) is 7.56. The molecule has 0 saturated heterocycles. The largest absolute Gasteiger partial charge is 0.305 e. The number of nitrogens with one attached hydrogen (secondary N) is 1. The standard InChI is InChI=1S/C8H9NS/c1-6-2-3-7(10)4-5-8(6)9/h2-3,9H,1,4-5H2. The highest BCUT2D eigenvalue weighted by Gasteiger charge is 2.04. The molecule has 2 heteroatoms. The van der Waals surface area contributed by atoms with Crippen molar-refractivity contribution in [3.05, 3.63) is 24.3 Å². The van der Waals surface area contributed by atoms with Gasteiger partial charge in [-0.05, 0) is 24.5 Å². The maximum atomic E-state index is 7.41. The first-order valence-corrected chi connectivity index (χ1v) is 3.58. The fraction of sp³-hybridized carbons (Fsp3) is 0.250. The molecule has 10 heavy (non-hydrogen) atoms. The molecule has 0 heterocycles. The van der Waals surface area contributed by atoms with Crippen molar-refractivity contribution in [3.63, 3.8) is 0 Å². The molecule has 0 bridgehead atoms. The van der Waals surface area contributed by atoms with Crippen molar-refractivity contribution in [3.8, 4) is 0 Å². The second kappa shape index (κ2) is 2.88. The van der Waals surface area contributed by atoms with E-state index in [-0.39, 0.29) is 0 Å². The monoisotopic (exact) mass is 151 g/mol. The van der Waals surface area contributed by atoms with E-state index in [0.717, 1.165) is 23.3 Å². The Morgan fingerprint density at radius 3 is 2.80 bits per heavy atom. The second-order valence-electron chi connectivity index (χ2n) is 2.30. The lowest BCUT2D eigenvalue weighted by Gasteiger charge is -1.96. The van der Waals surface area contributed by atoms with Gasteiger partial charge in [0.2, 0.25) is 0 Å². The van der Waals surface area contributed by atoms with Crippen LogP contribution in [0.4, 0.5) is 0 Å². The molecule has 0 spiro atoms. The van der Waals surface area contributed by atoms with Crippen LogP contribution < -0.4 is 0 Å². The molecule has 0 aromatic carbocycles. The molecular weight excluding hydrogens is 142 g/mol. The van der Waals surface area contributed by atoms with Gasteiger partial charge >= 0.3 is 0 Å². The van der Waals surface area contributed by atoms with Crippen LogP contribution in [0, 0.1) is 5.41 Å². The zero-order valence-corrected chi connectivity index (χ0v) is 6.50. The lowest BCUT2D eigenvalue weighted by atomic mass is 10.1. The summed E-state index contributed by atoms with van der Waals surface area (Å²) in [6.45, 7) is 3.72. The molecule has 1 N–H and O–H groups in total. The molecule has 0 aromatic heterocycles. The molecule has 0 radical (unpaired) electrons. The molecule has 1 aliphatic carbocycles. The Kier molecular flexibility index (Phi) is 2.12. The van der Waals surface area contributed by atoms with Crippen molar-refractivity contribution in [2.24, 2.45) is 0 Å². The van der Waals surface area contributed by atoms with Crippen LogP contribution in [0.25, 0.3) is 0 Å². The highest BCUT2D eigenvalue weighted by atomic mass is 32.1. The number of hydrogen-bond donors (Lipinski definition) is 1. The summed E-state index contributed by atoms with van der Waals surface area (Å²) < 4.78 is 0. The normalized spacial score (nSPS) is 19.4. The third-order valence-corrected chi connectivity index (χ3v) is 1.82. The Morgan fingerprint density at radius 2 is 2.10 bits per heavy atom. The van der Waals surface area contributed by atoms with Gasteiger partial charge in [-0.25, -0.2) is 0 Å². The Bertz CT molecular complexity index is 225. The molecule has 52 valence electrons. The molecule has 1 aliphatic rings. The van der Waals surface area contributed by atoms with Crippen LogP contribution in [0.2, 0.25) is 0 Å². The molecule has 1 rings (SSSR count). The van der Waals surface area contributed by atoms with Crippen LogP contribution in [-0.2, 0) is 0 Å². The Hall–Kier alpha value is -0.760. The van der Waals surface area contributed by atoms with E-state index in [1.54, 1.807) is 0 Å². The van der Waals surface area contributed by atoms with Crippen LogP contribution in [0.3, 0.4) is 0 Å². The van der Waals surface area contributed by atoms with E-state index in [4.69, 9.17) is 17.6 Å². The lowest BCUT2D eigenvalue weighted by Crippen LogP contribution is -1.96. The van der Waals surface area contributed by atoms with Gasteiger partial charge in [0, 0.05) is 10.6 Å². The van der Waals surface area contributed by atoms with Gasteiger partial charge in [0.25, 0.3) is 0 Å². The van der Waals surface area contributed by atoms with Gasteiger partial charge in [0.05, 0.1) is 0 Å². The summed E-state index contributed by atoms with van der Waals surface area (Å²) in [6, 6.07) is 0. The van der Waals surface area contributed by atoms with Crippen LogP contribution in [0.15, 0.2) is 24.3 Å². The van der Waals surface area contributed by atoms with Gasteiger partial charge in [-0.3, -0.25) is 0 Å². The van der Waals surface area contributed by atoms with Gasteiger partial charge in [-0.15, -0.1) is 0 Å². The summed E-state index contributed by atoms with van der Waals surface area (Å²) in [5.41, 5.74) is 1.40. The molecule has 1 nitrogen and oxygen atoms in total. The zero-order valence-electron chi connectivity index (χ0n) is 5.68. The third kappa shape index (κ3) is 1.61. The number of allylic oxidation sites excluding steroid dienone is 3. The predicted molar refractivity (Wildman–Crippen MR) is 47.8 cm³/mol. The summed E-state index contributed by atoms with van der Waals surface area (Å²) >= 11 is 4.97. The molecule has 0 amide bonds. The minimum absolute atomic E-state index is 0.608. The maximum absolute atomic E-state index is 7.41. The molecule has 0 fully saturated rings. The third-order valence-electron chi connectivity index (χ3n) is 1.48. The van der Waals surface area contributed by atoms with E-state index in [1.807, 2.05) is 12.2 Å². The summed E-state index contributed by atoms with van der Waals surface area (Å²) in [4.78, 5) is 0.920. The summed E-state index contributed by atoms with van der Waals surface area (Å²) in [5, 5.41) is 7.41. The van der Waals surface area contributed by atoms with Crippen LogP contribution in [0.1, 0.15) is 12.8 Å². The highest BCUT2D eigenvalue weighted by molar-refractivity contribution is 7.80. The molecule has 0 atom stereocenters. The molecule has 0 unspecified atom stereocenters. The first kappa shape index (κ1) is 7.35. The summed E-state index contributed by atoms with van der Waals surface area (Å²) in [5.74, 6) is 0. The van der Waals surface area contributed by atoms with Crippen LogP contribution >= 0.6 is 12.2 Å². The van der Waals surface area contributed by atoms with Crippen molar-refractivity contribution in [2.45, 2.75) is 12.8 Å². The van der Waals surface area contributed by atoms with E-state index < -0.39 is 0 Å². The van der Waals surface area contributed by atoms with Crippen LogP contribution in [0.5, 0.6) is 0 Å². The van der Waals surface area contributed by atoms with E-state index in [0.29, 0.717) is 5.71 Å². The van der Waals surface area contributed by atoms with Gasteiger partial charge in [-0.2, -0.15) is 0 Å². The number of rotatable bonds is 0. The first-order chi connectivity index (χ1) is 4.70. The van der Waals surface area contributed by atoms with Crippen molar-refractivity contribution >= 4 is 22.8 Å². The Balaban J connectivity index is 2.81. The average Bonchev–Trinajstić information content (AvgIpc) is 2.04. The van der Waals surface area contributed by atoms with E-state index in [9.17, 15) is 0 Å². The van der Waals surface area contributed by atoms with Crippen molar-refractivity contribution in [1.29, 1.82) is 5.41 Å². The number of hydrogen-bond acceptors (Lipinski definition) is 2. The fourth-order valence-corrected chi connectivity index (χ4v) is 0.956. The van der Waals surface area contributed by atoms with Gasteiger partial charge in [0.15, 0.2) is 0 Å². The average molecular weight is 151 g/mol. The fourth-order valence-electron chi connectivity index (χ4n) is 0.786.